The first-order chi connectivity index (χ1) is 7.68. The molecule has 1 aromatic rings. The van der Waals surface area contributed by atoms with Gasteiger partial charge in [0.2, 0.25) is 0 Å². The molecule has 0 saturated heterocycles. The van der Waals surface area contributed by atoms with Gasteiger partial charge in [-0.15, -0.1) is 5.46 Å². The molecule has 0 heterocycles. The Kier molecular flexibility index (Phi) is 3.95. The van der Waals surface area contributed by atoms with Crippen molar-refractivity contribution in [2.75, 3.05) is 6.61 Å². The van der Waals surface area contributed by atoms with Gasteiger partial charge in [-0.05, 0) is 12.1 Å². The predicted octanol–water partition coefficient (Wildman–Crippen LogP) is 3.07. The molecule has 0 spiro atoms. The van der Waals surface area contributed by atoms with Crippen LogP contribution in [-0.4, -0.2) is 19.8 Å². The number of halogens is 6. The highest BCUT2D eigenvalue weighted by Crippen LogP contribution is 2.20. The Morgan fingerprint density at radius 3 is 2.29 bits per heavy atom. The quantitative estimate of drug-likeness (QED) is 0.594. The second kappa shape index (κ2) is 4.89. The van der Waals surface area contributed by atoms with Crippen molar-refractivity contribution in [3.63, 3.8) is 0 Å². The minimum atomic E-state index is -5.17. The Bertz CT molecular complexity index is 372. The van der Waals surface area contributed by atoms with E-state index in [1.807, 2.05) is 0 Å². The topological polar surface area (TPSA) is 9.23 Å². The third-order valence-corrected chi connectivity index (χ3v) is 1.89. The summed E-state index contributed by atoms with van der Waals surface area (Å²) in [6, 6.07) is 3.81. The molecule has 1 rings (SSSR count). The summed E-state index contributed by atoms with van der Waals surface area (Å²) in [5.41, 5.74) is -0.894. The summed E-state index contributed by atoms with van der Waals surface area (Å²) in [5, 5.41) is 0. The van der Waals surface area contributed by atoms with E-state index in [-0.39, 0.29) is 5.75 Å². The van der Waals surface area contributed by atoms with E-state index in [0.29, 0.717) is 6.07 Å². The van der Waals surface area contributed by atoms with Crippen LogP contribution in [0.3, 0.4) is 0 Å². The first-order valence-electron chi connectivity index (χ1n) is 4.68. The van der Waals surface area contributed by atoms with Gasteiger partial charge in [-0.2, -0.15) is 13.2 Å². The molecule has 0 bridgehead atoms. The second-order valence-electron chi connectivity index (χ2n) is 3.36. The average Bonchev–Trinajstić information content (AvgIpc) is 2.15. The molecular weight excluding hydrogens is 249 g/mol. The minimum Gasteiger partial charge on any atom is -0.493 e. The summed E-state index contributed by atoms with van der Waals surface area (Å²) >= 11 is 0. The van der Waals surface area contributed by atoms with E-state index in [9.17, 15) is 26.1 Å². The van der Waals surface area contributed by atoms with Crippen LogP contribution in [0.5, 0.6) is 5.75 Å². The molecule has 0 aliphatic heterocycles. The van der Waals surface area contributed by atoms with Crippen molar-refractivity contribution in [1.29, 1.82) is 0 Å². The lowest BCUT2D eigenvalue weighted by Gasteiger charge is -2.16. The second-order valence-corrected chi connectivity index (χ2v) is 3.36. The average molecular weight is 257 g/mol. The lowest BCUT2D eigenvalue weighted by molar-refractivity contribution is -0.139. The van der Waals surface area contributed by atoms with Gasteiger partial charge < -0.3 is 17.7 Å². The van der Waals surface area contributed by atoms with E-state index in [1.54, 1.807) is 0 Å². The van der Waals surface area contributed by atoms with E-state index < -0.39 is 31.6 Å². The Hall–Kier alpha value is -1.34. The molecule has 1 nitrogen and oxygen atoms in total. The van der Waals surface area contributed by atoms with Gasteiger partial charge in [0, 0.05) is 0 Å². The normalized spacial score (nSPS) is 12.6. The molecule has 17 heavy (non-hydrogen) atoms. The fourth-order valence-electron chi connectivity index (χ4n) is 1.09. The SMILES string of the molecule is F[B-](F)(F)c1cccc(OCCC(F)(F)F)c1. The molecule has 0 atom stereocenters. The van der Waals surface area contributed by atoms with Crippen LogP contribution in [-0.2, 0) is 0 Å². The van der Waals surface area contributed by atoms with Crippen molar-refractivity contribution in [3.05, 3.63) is 24.3 Å². The molecule has 0 amide bonds. The minimum absolute atomic E-state index is 0.217. The summed E-state index contributed by atoms with van der Waals surface area (Å²) in [4.78, 5) is 0. The Morgan fingerprint density at radius 2 is 1.76 bits per heavy atom. The first-order valence-corrected chi connectivity index (χ1v) is 4.68. The van der Waals surface area contributed by atoms with Crippen molar-refractivity contribution in [2.24, 2.45) is 0 Å². The van der Waals surface area contributed by atoms with Crippen LogP contribution >= 0.6 is 0 Å². The van der Waals surface area contributed by atoms with Crippen LogP contribution in [0.15, 0.2) is 24.3 Å². The monoisotopic (exact) mass is 257 g/mol. The van der Waals surface area contributed by atoms with E-state index in [1.165, 1.54) is 6.07 Å². The molecular formula is C9H8BF6O-. The van der Waals surface area contributed by atoms with Crippen LogP contribution in [0.25, 0.3) is 0 Å². The van der Waals surface area contributed by atoms with Crippen molar-refractivity contribution >= 4 is 12.4 Å². The van der Waals surface area contributed by atoms with Gasteiger partial charge in [0.05, 0.1) is 13.0 Å². The zero-order valence-electron chi connectivity index (χ0n) is 8.48. The van der Waals surface area contributed by atoms with Crippen LogP contribution in [0.2, 0.25) is 0 Å². The Balaban J connectivity index is 2.61. The molecule has 0 aliphatic rings. The summed E-state index contributed by atoms with van der Waals surface area (Å²) < 4.78 is 76.8. The van der Waals surface area contributed by atoms with E-state index in [0.717, 1.165) is 12.1 Å². The van der Waals surface area contributed by atoms with Gasteiger partial charge in [0.15, 0.2) is 0 Å². The van der Waals surface area contributed by atoms with Gasteiger partial charge in [-0.3, -0.25) is 0 Å². The number of hydrogen-bond donors (Lipinski definition) is 0. The van der Waals surface area contributed by atoms with E-state index in [4.69, 9.17) is 0 Å². The van der Waals surface area contributed by atoms with Crippen LogP contribution < -0.4 is 10.2 Å². The molecule has 8 heteroatoms. The predicted molar refractivity (Wildman–Crippen MR) is 51.3 cm³/mol. The third-order valence-electron chi connectivity index (χ3n) is 1.89. The number of hydrogen-bond acceptors (Lipinski definition) is 1. The molecule has 0 saturated carbocycles. The maximum atomic E-state index is 12.3. The zero-order valence-corrected chi connectivity index (χ0v) is 8.48. The highest BCUT2D eigenvalue weighted by Gasteiger charge is 2.27. The standard InChI is InChI=1S/C9H8BF6O/c11-9(12,13)4-5-17-8-3-1-2-7(6-8)10(14,15)16/h1-3,6H,4-5H2/q-1. The maximum absolute atomic E-state index is 12.3. The molecule has 0 fully saturated rings. The van der Waals surface area contributed by atoms with Crippen molar-refractivity contribution in [3.8, 4) is 5.75 Å². The molecule has 1 aromatic carbocycles. The molecule has 0 aromatic heterocycles. The Labute approximate surface area is 93.4 Å². The molecule has 0 radical (unpaired) electrons. The summed E-state index contributed by atoms with van der Waals surface area (Å²) in [6.07, 6.45) is -5.58. The van der Waals surface area contributed by atoms with Crippen LogP contribution in [0.1, 0.15) is 6.42 Å². The van der Waals surface area contributed by atoms with Crippen LogP contribution in [0, 0.1) is 0 Å². The van der Waals surface area contributed by atoms with Gasteiger partial charge in [0.25, 0.3) is 0 Å². The summed E-state index contributed by atoms with van der Waals surface area (Å²) in [7, 11) is 0. The number of benzene rings is 1. The van der Waals surface area contributed by atoms with Gasteiger partial charge in [0.1, 0.15) is 5.75 Å². The van der Waals surface area contributed by atoms with E-state index in [2.05, 4.69) is 4.74 Å². The van der Waals surface area contributed by atoms with Crippen molar-refractivity contribution in [2.45, 2.75) is 12.6 Å². The lowest BCUT2D eigenvalue weighted by Crippen LogP contribution is -2.33. The van der Waals surface area contributed by atoms with Crippen LogP contribution in [0.4, 0.5) is 26.1 Å². The van der Waals surface area contributed by atoms with Gasteiger partial charge in [-0.25, -0.2) is 0 Å². The maximum Gasteiger partial charge on any atom is 0.509 e. The number of alkyl halides is 3. The van der Waals surface area contributed by atoms with Crippen molar-refractivity contribution < 1.29 is 30.9 Å². The highest BCUT2D eigenvalue weighted by molar-refractivity contribution is 6.73. The molecule has 0 unspecified atom stereocenters. The largest absolute Gasteiger partial charge is 0.509 e. The molecule has 0 aliphatic carbocycles. The van der Waals surface area contributed by atoms with Gasteiger partial charge in [-0.1, -0.05) is 12.1 Å². The fourth-order valence-corrected chi connectivity index (χ4v) is 1.09. The third kappa shape index (κ3) is 5.01. The summed E-state index contributed by atoms with van der Waals surface area (Å²) in [6.45, 7) is -5.87. The lowest BCUT2D eigenvalue weighted by atomic mass is 9.80. The first kappa shape index (κ1) is 13.7. The van der Waals surface area contributed by atoms with Gasteiger partial charge >= 0.3 is 13.2 Å². The number of rotatable bonds is 4. The smallest absolute Gasteiger partial charge is 0.493 e. The zero-order chi connectivity index (χ0) is 13.1. The molecule has 0 N–H and O–H groups in total. The highest BCUT2D eigenvalue weighted by atomic mass is 19.4. The fraction of sp³-hybridized carbons (Fsp3) is 0.333. The number of ether oxygens (including phenoxy) is 1. The van der Waals surface area contributed by atoms with Crippen molar-refractivity contribution in [1.82, 2.24) is 0 Å². The Morgan fingerprint density at radius 1 is 1.12 bits per heavy atom. The molecule has 96 valence electrons. The summed E-state index contributed by atoms with van der Waals surface area (Å²) in [5.74, 6) is -0.217. The van der Waals surface area contributed by atoms with E-state index >= 15 is 0 Å².